The molecule has 3 N–H and O–H groups in total. The van der Waals surface area contributed by atoms with Gasteiger partial charge >= 0.3 is 0 Å². The second-order valence-corrected chi connectivity index (χ2v) is 6.03. The Morgan fingerprint density at radius 1 is 1.05 bits per heavy atom. The summed E-state index contributed by atoms with van der Waals surface area (Å²) in [6, 6.07) is 10.8. The molecule has 22 heavy (non-hydrogen) atoms. The first kappa shape index (κ1) is 15.1. The molecule has 4 nitrogen and oxygen atoms in total. The highest BCUT2D eigenvalue weighted by Crippen LogP contribution is 2.27. The van der Waals surface area contributed by atoms with E-state index >= 15 is 0 Å². The van der Waals surface area contributed by atoms with Crippen LogP contribution in [0, 0.1) is 0 Å². The summed E-state index contributed by atoms with van der Waals surface area (Å²) < 4.78 is 0. The minimum atomic E-state index is 0.00339. The van der Waals surface area contributed by atoms with Crippen LogP contribution in [0.15, 0.2) is 36.4 Å². The highest BCUT2D eigenvalue weighted by molar-refractivity contribution is 7.80. The van der Waals surface area contributed by atoms with Crippen LogP contribution in [0.4, 0.5) is 17.1 Å². The molecule has 0 radical (unpaired) electrons. The third kappa shape index (κ3) is 3.32. The zero-order chi connectivity index (χ0) is 15.7. The fraction of sp³-hybridized carbons (Fsp3) is 0.0667. The standard InChI is InChI=1S/C15H11Cl2N3OS/c16-11-4-3-9(6-12(11)17)18-15(22)19-10-2-1-8-5-14(21)20-13(8)7-10/h1-4,6-7H,5H2,(H,20,21)(H2,18,19,22). The minimum Gasteiger partial charge on any atom is -0.332 e. The Balaban J connectivity index is 1.68. The molecular weight excluding hydrogens is 341 g/mol. The van der Waals surface area contributed by atoms with Gasteiger partial charge < -0.3 is 16.0 Å². The lowest BCUT2D eigenvalue weighted by Gasteiger charge is -2.12. The minimum absolute atomic E-state index is 0.00339. The zero-order valence-corrected chi connectivity index (χ0v) is 13.6. The molecule has 1 amide bonds. The van der Waals surface area contributed by atoms with Gasteiger partial charge in [-0.1, -0.05) is 29.3 Å². The maximum Gasteiger partial charge on any atom is 0.228 e. The van der Waals surface area contributed by atoms with Crippen molar-refractivity contribution < 1.29 is 4.79 Å². The molecule has 0 aliphatic carbocycles. The van der Waals surface area contributed by atoms with Crippen molar-refractivity contribution in [2.75, 3.05) is 16.0 Å². The van der Waals surface area contributed by atoms with Gasteiger partial charge in [0.2, 0.25) is 5.91 Å². The number of anilines is 3. The maximum absolute atomic E-state index is 11.3. The van der Waals surface area contributed by atoms with Crippen molar-refractivity contribution in [2.24, 2.45) is 0 Å². The maximum atomic E-state index is 11.3. The Morgan fingerprint density at radius 3 is 2.45 bits per heavy atom. The van der Waals surface area contributed by atoms with E-state index in [9.17, 15) is 4.79 Å². The smallest absolute Gasteiger partial charge is 0.228 e. The van der Waals surface area contributed by atoms with E-state index in [1.807, 2.05) is 18.2 Å². The van der Waals surface area contributed by atoms with Gasteiger partial charge in [0.25, 0.3) is 0 Å². The largest absolute Gasteiger partial charge is 0.332 e. The molecule has 112 valence electrons. The first-order valence-electron chi connectivity index (χ1n) is 6.47. The number of nitrogens with one attached hydrogen (secondary N) is 3. The third-order valence-corrected chi connectivity index (χ3v) is 4.11. The zero-order valence-electron chi connectivity index (χ0n) is 11.2. The Bertz CT molecular complexity index is 779. The van der Waals surface area contributed by atoms with Crippen LogP contribution in [0.1, 0.15) is 5.56 Å². The fourth-order valence-electron chi connectivity index (χ4n) is 2.16. The molecule has 0 unspecified atom stereocenters. The SMILES string of the molecule is O=C1Cc2ccc(NC(=S)Nc3ccc(Cl)c(Cl)c3)cc2N1. The van der Waals surface area contributed by atoms with Gasteiger partial charge in [0.15, 0.2) is 5.11 Å². The fourth-order valence-corrected chi connectivity index (χ4v) is 2.69. The van der Waals surface area contributed by atoms with Crippen LogP contribution < -0.4 is 16.0 Å². The van der Waals surface area contributed by atoms with E-state index in [-0.39, 0.29) is 5.91 Å². The summed E-state index contributed by atoms with van der Waals surface area (Å²) in [5.74, 6) is 0.00339. The number of carbonyl (C=O) groups is 1. The van der Waals surface area contributed by atoms with Crippen LogP contribution in [0.3, 0.4) is 0 Å². The van der Waals surface area contributed by atoms with Gasteiger partial charge in [-0.15, -0.1) is 0 Å². The van der Waals surface area contributed by atoms with Gasteiger partial charge in [-0.2, -0.15) is 0 Å². The van der Waals surface area contributed by atoms with E-state index in [4.69, 9.17) is 35.4 Å². The number of halogens is 2. The molecule has 2 aromatic rings. The topological polar surface area (TPSA) is 53.2 Å². The van der Waals surface area contributed by atoms with Crippen molar-refractivity contribution in [3.05, 3.63) is 52.0 Å². The van der Waals surface area contributed by atoms with Crippen LogP contribution in [-0.2, 0) is 11.2 Å². The lowest BCUT2D eigenvalue weighted by molar-refractivity contribution is -0.115. The van der Waals surface area contributed by atoms with E-state index < -0.39 is 0 Å². The Labute approximate surface area is 142 Å². The summed E-state index contributed by atoms with van der Waals surface area (Å²) in [5.41, 5.74) is 3.33. The number of carbonyl (C=O) groups excluding carboxylic acids is 1. The predicted octanol–water partition coefficient (Wildman–Crippen LogP) is 4.30. The summed E-state index contributed by atoms with van der Waals surface area (Å²) in [7, 11) is 0. The van der Waals surface area contributed by atoms with Gasteiger partial charge in [0.1, 0.15) is 0 Å². The van der Waals surface area contributed by atoms with Crippen molar-refractivity contribution in [2.45, 2.75) is 6.42 Å². The van der Waals surface area contributed by atoms with Crippen LogP contribution >= 0.6 is 35.4 Å². The first-order chi connectivity index (χ1) is 10.5. The van der Waals surface area contributed by atoms with E-state index in [0.717, 1.165) is 22.6 Å². The van der Waals surface area contributed by atoms with Crippen molar-refractivity contribution in [3.8, 4) is 0 Å². The van der Waals surface area contributed by atoms with E-state index in [1.165, 1.54) is 0 Å². The van der Waals surface area contributed by atoms with Crippen LogP contribution in [0.2, 0.25) is 10.0 Å². The molecule has 0 fully saturated rings. The van der Waals surface area contributed by atoms with Crippen molar-refractivity contribution in [1.82, 2.24) is 0 Å². The van der Waals surface area contributed by atoms with E-state index in [0.29, 0.717) is 21.6 Å². The predicted molar refractivity (Wildman–Crippen MR) is 95.1 cm³/mol. The number of hydrogen-bond donors (Lipinski definition) is 3. The molecule has 0 atom stereocenters. The summed E-state index contributed by atoms with van der Waals surface area (Å²) in [5, 5.41) is 10.2. The Kier molecular flexibility index (Phi) is 4.20. The average molecular weight is 352 g/mol. The van der Waals surface area contributed by atoms with Crippen molar-refractivity contribution in [1.29, 1.82) is 0 Å². The number of benzene rings is 2. The molecule has 0 spiro atoms. The molecule has 1 heterocycles. The summed E-state index contributed by atoms with van der Waals surface area (Å²) in [6.07, 6.45) is 0.418. The lowest BCUT2D eigenvalue weighted by Crippen LogP contribution is -2.19. The number of hydrogen-bond acceptors (Lipinski definition) is 2. The molecular formula is C15H11Cl2N3OS. The van der Waals surface area contributed by atoms with Crippen molar-refractivity contribution in [3.63, 3.8) is 0 Å². The second kappa shape index (κ2) is 6.12. The Morgan fingerprint density at radius 2 is 1.73 bits per heavy atom. The van der Waals surface area contributed by atoms with Crippen LogP contribution in [-0.4, -0.2) is 11.0 Å². The highest BCUT2D eigenvalue weighted by atomic mass is 35.5. The van der Waals surface area contributed by atoms with Gasteiger partial charge in [0, 0.05) is 17.1 Å². The molecule has 1 aliphatic rings. The van der Waals surface area contributed by atoms with E-state index in [2.05, 4.69) is 16.0 Å². The van der Waals surface area contributed by atoms with Gasteiger partial charge in [-0.3, -0.25) is 4.79 Å². The van der Waals surface area contributed by atoms with Crippen LogP contribution in [0.5, 0.6) is 0 Å². The summed E-state index contributed by atoms with van der Waals surface area (Å²) in [4.78, 5) is 11.3. The molecule has 3 rings (SSSR count). The average Bonchev–Trinajstić information content (AvgIpc) is 2.82. The molecule has 2 aromatic carbocycles. The molecule has 1 aliphatic heterocycles. The second-order valence-electron chi connectivity index (χ2n) is 4.80. The van der Waals surface area contributed by atoms with Crippen LogP contribution in [0.25, 0.3) is 0 Å². The quantitative estimate of drug-likeness (QED) is 0.706. The number of amides is 1. The van der Waals surface area contributed by atoms with E-state index in [1.54, 1.807) is 18.2 Å². The monoisotopic (exact) mass is 351 g/mol. The Hall–Kier alpha value is -1.82. The third-order valence-electron chi connectivity index (χ3n) is 3.17. The van der Waals surface area contributed by atoms with Crippen molar-refractivity contribution >= 4 is 63.5 Å². The highest BCUT2D eigenvalue weighted by Gasteiger charge is 2.17. The van der Waals surface area contributed by atoms with Gasteiger partial charge in [-0.05, 0) is 48.1 Å². The summed E-state index contributed by atoms with van der Waals surface area (Å²) >= 11 is 17.1. The van der Waals surface area contributed by atoms with Gasteiger partial charge in [0.05, 0.1) is 16.5 Å². The van der Waals surface area contributed by atoms with Gasteiger partial charge in [-0.25, -0.2) is 0 Å². The number of thiocarbonyl (C=S) groups is 1. The lowest BCUT2D eigenvalue weighted by atomic mass is 10.1. The number of fused-ring (bicyclic) bond motifs is 1. The number of rotatable bonds is 2. The molecule has 7 heteroatoms. The normalized spacial score (nSPS) is 12.5. The first-order valence-corrected chi connectivity index (χ1v) is 7.63. The molecule has 0 saturated heterocycles. The molecule has 0 aromatic heterocycles. The molecule has 0 saturated carbocycles. The molecule has 0 bridgehead atoms. The summed E-state index contributed by atoms with van der Waals surface area (Å²) in [6.45, 7) is 0.